The van der Waals surface area contributed by atoms with Crippen molar-refractivity contribution in [3.05, 3.63) is 48.0 Å². The van der Waals surface area contributed by atoms with Crippen LogP contribution in [-0.2, 0) is 16.0 Å². The minimum Gasteiger partial charge on any atom is -0.497 e. The number of carbonyl (C=O) groups excluding carboxylic acids is 2. The number of anilines is 1. The van der Waals surface area contributed by atoms with Gasteiger partial charge in [0, 0.05) is 12.6 Å². The molecule has 0 radical (unpaired) electrons. The number of carbonyl (C=O) groups is 2. The van der Waals surface area contributed by atoms with Gasteiger partial charge in [0.2, 0.25) is 11.8 Å². The molecule has 0 heterocycles. The summed E-state index contributed by atoms with van der Waals surface area (Å²) in [6.07, 6.45) is 1.66. The predicted molar refractivity (Wildman–Crippen MR) is 110 cm³/mol. The van der Waals surface area contributed by atoms with Gasteiger partial charge < -0.3 is 24.8 Å². The average molecular weight is 398 g/mol. The van der Waals surface area contributed by atoms with Gasteiger partial charge in [-0.2, -0.15) is 0 Å². The van der Waals surface area contributed by atoms with Crippen LogP contribution in [0.25, 0.3) is 0 Å². The summed E-state index contributed by atoms with van der Waals surface area (Å²) in [6, 6.07) is 12.8. The molecule has 1 aliphatic rings. The molecule has 2 amide bonds. The van der Waals surface area contributed by atoms with Crippen molar-refractivity contribution in [3.63, 3.8) is 0 Å². The van der Waals surface area contributed by atoms with E-state index in [2.05, 4.69) is 10.6 Å². The van der Waals surface area contributed by atoms with Crippen LogP contribution in [0.4, 0.5) is 5.69 Å². The van der Waals surface area contributed by atoms with Crippen LogP contribution in [0, 0.1) is 5.41 Å². The zero-order valence-corrected chi connectivity index (χ0v) is 16.9. The largest absolute Gasteiger partial charge is 0.497 e. The summed E-state index contributed by atoms with van der Waals surface area (Å²) in [5, 5.41) is 5.71. The highest BCUT2D eigenvalue weighted by Gasteiger charge is 2.56. The van der Waals surface area contributed by atoms with E-state index in [1.165, 1.54) is 7.11 Å². The van der Waals surface area contributed by atoms with Crippen LogP contribution in [0.2, 0.25) is 0 Å². The van der Waals surface area contributed by atoms with Crippen molar-refractivity contribution in [3.8, 4) is 17.2 Å². The van der Waals surface area contributed by atoms with Crippen LogP contribution < -0.4 is 24.8 Å². The summed E-state index contributed by atoms with van der Waals surface area (Å²) in [6.45, 7) is 0.427. The van der Waals surface area contributed by atoms with Gasteiger partial charge in [-0.15, -0.1) is 0 Å². The standard InChI is InChI=1S/C22H26N2O5/c1-27-16-8-9-19(29-3)17(14-16)24-21(26)22(11-12-22)20(25)23-13-10-15-6-4-5-7-18(15)28-2/h4-9,14H,10-13H2,1-3H3,(H,23,25)(H,24,26). The first-order valence-corrected chi connectivity index (χ1v) is 9.47. The number of para-hydroxylation sites is 1. The van der Waals surface area contributed by atoms with Crippen LogP contribution in [0.5, 0.6) is 17.2 Å². The minimum absolute atomic E-state index is 0.258. The maximum Gasteiger partial charge on any atom is 0.240 e. The Morgan fingerprint density at radius 3 is 2.31 bits per heavy atom. The molecule has 0 saturated heterocycles. The molecule has 0 bridgehead atoms. The summed E-state index contributed by atoms with van der Waals surface area (Å²) in [4.78, 5) is 25.6. The highest BCUT2D eigenvalue weighted by molar-refractivity contribution is 6.13. The lowest BCUT2D eigenvalue weighted by molar-refractivity contribution is -0.134. The fourth-order valence-corrected chi connectivity index (χ4v) is 3.23. The Balaban J connectivity index is 1.62. The van der Waals surface area contributed by atoms with E-state index in [0.29, 0.717) is 43.0 Å². The molecule has 1 fully saturated rings. The molecule has 0 aliphatic heterocycles. The van der Waals surface area contributed by atoms with Gasteiger partial charge >= 0.3 is 0 Å². The highest BCUT2D eigenvalue weighted by Crippen LogP contribution is 2.47. The first-order chi connectivity index (χ1) is 14.0. The summed E-state index contributed by atoms with van der Waals surface area (Å²) in [5.41, 5.74) is 0.449. The lowest BCUT2D eigenvalue weighted by Gasteiger charge is -2.17. The van der Waals surface area contributed by atoms with Gasteiger partial charge in [-0.1, -0.05) is 18.2 Å². The smallest absolute Gasteiger partial charge is 0.240 e. The maximum atomic E-state index is 12.9. The molecule has 2 aromatic rings. The Morgan fingerprint density at radius 2 is 1.66 bits per heavy atom. The second-order valence-corrected chi connectivity index (χ2v) is 6.92. The molecule has 154 valence electrons. The van der Waals surface area contributed by atoms with Gasteiger partial charge in [-0.05, 0) is 43.0 Å². The number of rotatable bonds is 9. The molecular weight excluding hydrogens is 372 g/mol. The van der Waals surface area contributed by atoms with Crippen LogP contribution in [0.3, 0.4) is 0 Å². The van der Waals surface area contributed by atoms with Gasteiger partial charge in [0.15, 0.2) is 0 Å². The minimum atomic E-state index is -1.03. The predicted octanol–water partition coefficient (Wildman–Crippen LogP) is 2.79. The first-order valence-electron chi connectivity index (χ1n) is 9.47. The van der Waals surface area contributed by atoms with Gasteiger partial charge in [-0.25, -0.2) is 0 Å². The Hall–Kier alpha value is -3.22. The first kappa shape index (κ1) is 20.5. The van der Waals surface area contributed by atoms with E-state index >= 15 is 0 Å². The van der Waals surface area contributed by atoms with Crippen molar-refractivity contribution < 1.29 is 23.8 Å². The Kier molecular flexibility index (Phi) is 6.26. The van der Waals surface area contributed by atoms with E-state index in [0.717, 1.165) is 11.3 Å². The SMILES string of the molecule is COc1ccc(OC)c(NC(=O)C2(C(=O)NCCc3ccccc3OC)CC2)c1. The summed E-state index contributed by atoms with van der Waals surface area (Å²) in [7, 11) is 4.69. The van der Waals surface area contributed by atoms with Crippen molar-refractivity contribution in [2.75, 3.05) is 33.2 Å². The van der Waals surface area contributed by atoms with E-state index in [1.807, 2.05) is 24.3 Å². The molecule has 29 heavy (non-hydrogen) atoms. The quantitative estimate of drug-likeness (QED) is 0.635. The van der Waals surface area contributed by atoms with Gasteiger partial charge in [0.05, 0.1) is 27.0 Å². The van der Waals surface area contributed by atoms with Crippen molar-refractivity contribution in [1.82, 2.24) is 5.32 Å². The van der Waals surface area contributed by atoms with Gasteiger partial charge in [-0.3, -0.25) is 9.59 Å². The van der Waals surface area contributed by atoms with Gasteiger partial charge in [0.1, 0.15) is 22.7 Å². The summed E-state index contributed by atoms with van der Waals surface area (Å²) in [5.74, 6) is 1.29. The monoisotopic (exact) mass is 398 g/mol. The Bertz CT molecular complexity index is 893. The number of hydrogen-bond acceptors (Lipinski definition) is 5. The zero-order chi connectivity index (χ0) is 20.9. The number of benzene rings is 2. The highest BCUT2D eigenvalue weighted by atomic mass is 16.5. The molecule has 0 unspecified atom stereocenters. The molecule has 2 aromatic carbocycles. The second-order valence-electron chi connectivity index (χ2n) is 6.92. The number of nitrogens with one attached hydrogen (secondary N) is 2. The summed E-state index contributed by atoms with van der Waals surface area (Å²) >= 11 is 0. The van der Waals surface area contributed by atoms with Crippen LogP contribution in [0.15, 0.2) is 42.5 Å². The van der Waals surface area contributed by atoms with Crippen molar-refractivity contribution in [2.24, 2.45) is 5.41 Å². The molecule has 3 rings (SSSR count). The molecule has 7 nitrogen and oxygen atoms in total. The lowest BCUT2D eigenvalue weighted by Crippen LogP contribution is -2.40. The van der Waals surface area contributed by atoms with Crippen molar-refractivity contribution >= 4 is 17.5 Å². The molecule has 7 heteroatoms. The fourth-order valence-electron chi connectivity index (χ4n) is 3.23. The molecule has 1 saturated carbocycles. The normalized spacial score (nSPS) is 13.9. The molecule has 2 N–H and O–H groups in total. The van der Waals surface area contributed by atoms with E-state index < -0.39 is 5.41 Å². The average Bonchev–Trinajstić information content (AvgIpc) is 3.56. The van der Waals surface area contributed by atoms with Crippen molar-refractivity contribution in [1.29, 1.82) is 0 Å². The third-order valence-corrected chi connectivity index (χ3v) is 5.15. The summed E-state index contributed by atoms with van der Waals surface area (Å²) < 4.78 is 15.8. The molecular formula is C22H26N2O5. The van der Waals surface area contributed by atoms with Crippen molar-refractivity contribution in [2.45, 2.75) is 19.3 Å². The van der Waals surface area contributed by atoms with E-state index in [1.54, 1.807) is 32.4 Å². The third kappa shape index (κ3) is 4.45. The second kappa shape index (κ2) is 8.86. The molecule has 0 spiro atoms. The Labute approximate surface area is 170 Å². The third-order valence-electron chi connectivity index (χ3n) is 5.15. The fraction of sp³-hybridized carbons (Fsp3) is 0.364. The molecule has 0 aromatic heterocycles. The number of ether oxygens (including phenoxy) is 3. The number of methoxy groups -OCH3 is 3. The number of amides is 2. The Morgan fingerprint density at radius 1 is 0.931 bits per heavy atom. The van der Waals surface area contributed by atoms with E-state index in [-0.39, 0.29) is 11.8 Å². The van der Waals surface area contributed by atoms with Gasteiger partial charge in [0.25, 0.3) is 0 Å². The van der Waals surface area contributed by atoms with E-state index in [4.69, 9.17) is 14.2 Å². The maximum absolute atomic E-state index is 12.9. The topological polar surface area (TPSA) is 85.9 Å². The molecule has 0 atom stereocenters. The molecule has 1 aliphatic carbocycles. The van der Waals surface area contributed by atoms with Crippen LogP contribution in [0.1, 0.15) is 18.4 Å². The van der Waals surface area contributed by atoms with Crippen LogP contribution in [-0.4, -0.2) is 39.7 Å². The van der Waals surface area contributed by atoms with E-state index in [9.17, 15) is 9.59 Å². The zero-order valence-electron chi connectivity index (χ0n) is 16.9. The van der Waals surface area contributed by atoms with Crippen LogP contribution >= 0.6 is 0 Å². The lowest BCUT2D eigenvalue weighted by atomic mass is 10.0. The number of hydrogen-bond donors (Lipinski definition) is 2.